The molecule has 0 atom stereocenters. The van der Waals surface area contributed by atoms with Crippen LogP contribution in [0.25, 0.3) is 0 Å². The normalized spacial score (nSPS) is 10.5. The number of benzene rings is 3. The van der Waals surface area contributed by atoms with Gasteiger partial charge in [-0.05, 0) is 73.2 Å². The van der Waals surface area contributed by atoms with Gasteiger partial charge in [0.2, 0.25) is 0 Å². The lowest BCUT2D eigenvalue weighted by Gasteiger charge is -2.03. The van der Waals surface area contributed by atoms with Gasteiger partial charge in [-0.2, -0.15) is 0 Å². The fourth-order valence-corrected chi connectivity index (χ4v) is 4.75. The van der Waals surface area contributed by atoms with E-state index in [9.17, 15) is 8.78 Å². The minimum atomic E-state index is -0.563. The molecule has 0 spiro atoms. The SMILES string of the molecule is CCCCCCCCCc1ccc(C#Cc2cc(F)c(C#Cc3ccc(CCCCCCC)cc3)cc2F)cc1. The predicted octanol–water partition coefficient (Wildman–Crippen LogP) is 10.6. The summed E-state index contributed by atoms with van der Waals surface area (Å²) in [6.45, 7) is 4.47. The molecule has 0 fully saturated rings. The van der Waals surface area contributed by atoms with Crippen molar-refractivity contribution in [2.24, 2.45) is 0 Å². The number of unbranched alkanes of at least 4 members (excludes halogenated alkanes) is 10. The first-order valence-corrected chi connectivity index (χ1v) is 15.3. The summed E-state index contributed by atoms with van der Waals surface area (Å²) >= 11 is 0. The smallest absolute Gasteiger partial charge is 0.140 e. The predicted molar refractivity (Wildman–Crippen MR) is 165 cm³/mol. The van der Waals surface area contributed by atoms with E-state index in [1.807, 2.05) is 24.3 Å². The Labute approximate surface area is 241 Å². The standard InChI is InChI=1S/C38H44F2/c1-3-5-7-9-10-12-14-16-32-19-23-34(24-20-32)26-28-36-30-37(39)35(29-38(36)40)27-25-33-21-17-31(18-22-33)15-13-11-8-6-4-2/h17-24,29-30H,3-16H2,1-2H3. The maximum Gasteiger partial charge on any atom is 0.140 e. The summed E-state index contributed by atoms with van der Waals surface area (Å²) in [5.74, 6) is 10.4. The molecule has 40 heavy (non-hydrogen) atoms. The van der Waals surface area contributed by atoms with Crippen molar-refractivity contribution in [1.29, 1.82) is 0 Å². The van der Waals surface area contributed by atoms with Gasteiger partial charge in [-0.15, -0.1) is 0 Å². The third-order valence-electron chi connectivity index (χ3n) is 7.29. The van der Waals surface area contributed by atoms with Gasteiger partial charge in [0.1, 0.15) is 11.6 Å². The van der Waals surface area contributed by atoms with Gasteiger partial charge < -0.3 is 0 Å². The van der Waals surface area contributed by atoms with Crippen LogP contribution in [0.4, 0.5) is 8.78 Å². The van der Waals surface area contributed by atoms with E-state index in [1.54, 1.807) is 0 Å². The van der Waals surface area contributed by atoms with Crippen LogP contribution in [0.1, 0.15) is 124 Å². The molecule has 0 saturated carbocycles. The Morgan fingerprint density at radius 3 is 1.18 bits per heavy atom. The van der Waals surface area contributed by atoms with Crippen LogP contribution in [0.15, 0.2) is 60.7 Å². The molecule has 0 N–H and O–H groups in total. The summed E-state index contributed by atoms with van der Waals surface area (Å²) in [4.78, 5) is 0. The van der Waals surface area contributed by atoms with E-state index in [-0.39, 0.29) is 11.1 Å². The average Bonchev–Trinajstić information content (AvgIpc) is 2.97. The fourth-order valence-electron chi connectivity index (χ4n) is 4.75. The van der Waals surface area contributed by atoms with E-state index < -0.39 is 11.6 Å². The van der Waals surface area contributed by atoms with Crippen LogP contribution < -0.4 is 0 Å². The highest BCUT2D eigenvalue weighted by atomic mass is 19.1. The van der Waals surface area contributed by atoms with Crippen LogP contribution in [0.2, 0.25) is 0 Å². The van der Waals surface area contributed by atoms with Crippen LogP contribution in [-0.2, 0) is 12.8 Å². The van der Waals surface area contributed by atoms with Crippen molar-refractivity contribution >= 4 is 0 Å². The van der Waals surface area contributed by atoms with E-state index in [0.717, 1.165) is 36.1 Å². The second kappa shape index (κ2) is 18.1. The Morgan fingerprint density at radius 2 is 0.800 bits per heavy atom. The van der Waals surface area contributed by atoms with Crippen molar-refractivity contribution in [3.8, 4) is 23.7 Å². The highest BCUT2D eigenvalue weighted by Gasteiger charge is 2.07. The summed E-state index contributed by atoms with van der Waals surface area (Å²) in [7, 11) is 0. The molecule has 0 aliphatic heterocycles. The zero-order chi connectivity index (χ0) is 28.4. The molecule has 0 aliphatic carbocycles. The van der Waals surface area contributed by atoms with E-state index in [2.05, 4.69) is 61.8 Å². The summed E-state index contributed by atoms with van der Waals surface area (Å²) < 4.78 is 29.4. The van der Waals surface area contributed by atoms with Crippen LogP contribution in [0.5, 0.6) is 0 Å². The second-order valence-corrected chi connectivity index (χ2v) is 10.7. The molecule has 0 aliphatic rings. The highest BCUT2D eigenvalue weighted by molar-refractivity contribution is 5.49. The summed E-state index contributed by atoms with van der Waals surface area (Å²) in [6.07, 6.45) is 17.5. The van der Waals surface area contributed by atoms with Crippen molar-refractivity contribution < 1.29 is 8.78 Å². The Kier molecular flexibility index (Phi) is 14.1. The van der Waals surface area contributed by atoms with E-state index in [1.165, 1.54) is 88.2 Å². The molecule has 3 rings (SSSR count). The molecule has 3 aromatic carbocycles. The minimum absolute atomic E-state index is 0.0396. The molecule has 2 heteroatoms. The Morgan fingerprint density at radius 1 is 0.450 bits per heavy atom. The summed E-state index contributed by atoms with van der Waals surface area (Å²) in [5, 5.41) is 0. The van der Waals surface area contributed by atoms with Crippen molar-refractivity contribution in [1.82, 2.24) is 0 Å². The maximum atomic E-state index is 14.7. The molecule has 210 valence electrons. The van der Waals surface area contributed by atoms with Crippen LogP contribution in [-0.4, -0.2) is 0 Å². The molecule has 3 aromatic rings. The van der Waals surface area contributed by atoms with Crippen molar-refractivity contribution in [3.63, 3.8) is 0 Å². The third kappa shape index (κ3) is 11.4. The molecular weight excluding hydrogens is 494 g/mol. The topological polar surface area (TPSA) is 0 Å². The van der Waals surface area contributed by atoms with Gasteiger partial charge in [0.25, 0.3) is 0 Å². The van der Waals surface area contributed by atoms with Crippen molar-refractivity contribution in [3.05, 3.63) is 106 Å². The molecule has 0 heterocycles. The lowest BCUT2D eigenvalue weighted by atomic mass is 10.0. The monoisotopic (exact) mass is 538 g/mol. The van der Waals surface area contributed by atoms with E-state index in [0.29, 0.717) is 0 Å². The number of halogens is 2. The number of rotatable bonds is 14. The Bertz CT molecular complexity index is 1280. The third-order valence-corrected chi connectivity index (χ3v) is 7.29. The first kappa shape index (κ1) is 31.2. The van der Waals surface area contributed by atoms with Gasteiger partial charge in [0.05, 0.1) is 11.1 Å². The van der Waals surface area contributed by atoms with E-state index >= 15 is 0 Å². The quantitative estimate of drug-likeness (QED) is 0.141. The Balaban J connectivity index is 1.52. The first-order valence-electron chi connectivity index (χ1n) is 15.3. The largest absolute Gasteiger partial charge is 0.206 e. The fraction of sp³-hybridized carbons (Fsp3) is 0.421. The first-order chi connectivity index (χ1) is 19.6. The minimum Gasteiger partial charge on any atom is -0.206 e. The molecule has 0 amide bonds. The lowest BCUT2D eigenvalue weighted by molar-refractivity contribution is 0.589. The molecule has 0 nitrogen and oxygen atoms in total. The maximum absolute atomic E-state index is 14.7. The van der Waals surface area contributed by atoms with Crippen LogP contribution in [0, 0.1) is 35.3 Å². The molecule has 0 unspecified atom stereocenters. The van der Waals surface area contributed by atoms with E-state index in [4.69, 9.17) is 0 Å². The molecular formula is C38H44F2. The van der Waals surface area contributed by atoms with Gasteiger partial charge in [-0.3, -0.25) is 0 Å². The Hall–Kier alpha value is -3.36. The average molecular weight is 539 g/mol. The number of hydrogen-bond acceptors (Lipinski definition) is 0. The molecule has 0 radical (unpaired) electrons. The van der Waals surface area contributed by atoms with Gasteiger partial charge in [-0.1, -0.05) is 126 Å². The second-order valence-electron chi connectivity index (χ2n) is 10.7. The summed E-state index contributed by atoms with van der Waals surface area (Å²) in [5.41, 5.74) is 4.22. The molecule has 0 aromatic heterocycles. The van der Waals surface area contributed by atoms with Crippen molar-refractivity contribution in [2.45, 2.75) is 104 Å². The highest BCUT2D eigenvalue weighted by Crippen LogP contribution is 2.16. The van der Waals surface area contributed by atoms with Crippen LogP contribution >= 0.6 is 0 Å². The van der Waals surface area contributed by atoms with Crippen molar-refractivity contribution in [2.75, 3.05) is 0 Å². The summed E-state index contributed by atoms with van der Waals surface area (Å²) in [6, 6.07) is 18.4. The van der Waals surface area contributed by atoms with Gasteiger partial charge >= 0.3 is 0 Å². The lowest BCUT2D eigenvalue weighted by Crippen LogP contribution is -1.92. The van der Waals surface area contributed by atoms with Gasteiger partial charge in [-0.25, -0.2) is 8.78 Å². The molecule has 0 bridgehead atoms. The number of aryl methyl sites for hydroxylation is 2. The number of hydrogen-bond donors (Lipinski definition) is 0. The molecule has 0 saturated heterocycles. The zero-order valence-electron chi connectivity index (χ0n) is 24.4. The van der Waals surface area contributed by atoms with Crippen LogP contribution in [0.3, 0.4) is 0 Å². The van der Waals surface area contributed by atoms with Gasteiger partial charge in [0, 0.05) is 11.1 Å². The zero-order valence-corrected chi connectivity index (χ0v) is 24.4. The van der Waals surface area contributed by atoms with Gasteiger partial charge in [0.15, 0.2) is 0 Å².